The van der Waals surface area contributed by atoms with Gasteiger partial charge < -0.3 is 20.2 Å². The third-order valence-electron chi connectivity index (χ3n) is 6.56. The second-order valence-corrected chi connectivity index (χ2v) is 11.5. The van der Waals surface area contributed by atoms with E-state index >= 15 is 0 Å². The fourth-order valence-electron chi connectivity index (χ4n) is 4.41. The number of amides is 1. The summed E-state index contributed by atoms with van der Waals surface area (Å²) in [5.74, 6) is -6.32. The molecular weight excluding hydrogens is 518 g/mol. The van der Waals surface area contributed by atoms with Gasteiger partial charge in [-0.2, -0.15) is 8.42 Å². The molecule has 0 radical (unpaired) electrons. The predicted molar refractivity (Wildman–Crippen MR) is 143 cm³/mol. The average molecular weight is 566 g/mol. The van der Waals surface area contributed by atoms with Crippen LogP contribution in [-0.2, 0) is 29.3 Å². The number of carbonyl (C=O) groups is 4. The zero-order valence-electron chi connectivity index (χ0n) is 22.7. The molecule has 222 valence electrons. The first-order valence-corrected chi connectivity index (χ1v) is 15.3. The molecule has 0 rings (SSSR count). The molecule has 0 saturated carbocycles. The Morgan fingerprint density at radius 3 is 1.32 bits per heavy atom. The van der Waals surface area contributed by atoms with Crippen LogP contribution in [0.1, 0.15) is 122 Å². The number of hydrogen-bond donors (Lipinski definition) is 4. The Bertz CT molecular complexity index is 815. The van der Waals surface area contributed by atoms with Crippen molar-refractivity contribution in [3.05, 3.63) is 0 Å². The van der Waals surface area contributed by atoms with Crippen LogP contribution in [0.15, 0.2) is 0 Å². The molecule has 0 aromatic carbocycles. The molecule has 2 atom stereocenters. The van der Waals surface area contributed by atoms with Crippen molar-refractivity contribution in [2.75, 3.05) is 6.54 Å². The standard InChI is InChI=1S/C26H47NO10S/c1-2-3-4-5-6-7-8-9-10-11-12-13-14-15-16-17-18-27(21(26(33)34)19-23(28)29)25(32)22(20-24(30)31)38(35,36)37/h21-22H,2-20H2,1H3,(H,28,29)(H,30,31)(H,33,34)(H,35,36,37)/t21-,22+/m0/s1. The number of aliphatic carboxylic acids is 3. The van der Waals surface area contributed by atoms with Crippen molar-refractivity contribution in [3.8, 4) is 0 Å². The van der Waals surface area contributed by atoms with E-state index in [-0.39, 0.29) is 13.0 Å². The molecule has 0 fully saturated rings. The van der Waals surface area contributed by atoms with Crippen LogP contribution < -0.4 is 0 Å². The summed E-state index contributed by atoms with van der Waals surface area (Å²) in [7, 11) is -5.17. The van der Waals surface area contributed by atoms with Crippen LogP contribution in [0.5, 0.6) is 0 Å². The lowest BCUT2D eigenvalue weighted by atomic mass is 10.0. The Labute approximate surface area is 226 Å². The molecule has 1 amide bonds. The quantitative estimate of drug-likeness (QED) is 0.0889. The molecule has 11 nitrogen and oxygen atoms in total. The molecule has 0 aliphatic carbocycles. The normalized spacial score (nSPS) is 13.1. The van der Waals surface area contributed by atoms with E-state index in [0.29, 0.717) is 11.3 Å². The molecule has 0 bridgehead atoms. The van der Waals surface area contributed by atoms with Crippen LogP contribution in [0.2, 0.25) is 0 Å². The van der Waals surface area contributed by atoms with Gasteiger partial charge in [-0.05, 0) is 6.42 Å². The molecule has 38 heavy (non-hydrogen) atoms. The summed E-state index contributed by atoms with van der Waals surface area (Å²) in [5.41, 5.74) is 0. The van der Waals surface area contributed by atoms with Crippen LogP contribution >= 0.6 is 0 Å². The van der Waals surface area contributed by atoms with Crippen molar-refractivity contribution < 1.29 is 47.5 Å². The minimum Gasteiger partial charge on any atom is -0.481 e. The van der Waals surface area contributed by atoms with Crippen molar-refractivity contribution in [1.82, 2.24) is 4.90 Å². The van der Waals surface area contributed by atoms with E-state index in [0.717, 1.165) is 25.7 Å². The number of hydrogen-bond acceptors (Lipinski definition) is 6. The lowest BCUT2D eigenvalue weighted by Gasteiger charge is -2.30. The van der Waals surface area contributed by atoms with Crippen molar-refractivity contribution in [2.45, 2.75) is 134 Å². The summed E-state index contributed by atoms with van der Waals surface area (Å²) < 4.78 is 32.6. The maximum Gasteiger partial charge on any atom is 0.327 e. The number of rotatable bonds is 25. The second-order valence-electron chi connectivity index (χ2n) is 9.89. The molecule has 12 heteroatoms. The van der Waals surface area contributed by atoms with Gasteiger partial charge in [-0.3, -0.25) is 18.9 Å². The van der Waals surface area contributed by atoms with Gasteiger partial charge in [0.15, 0.2) is 5.25 Å². The highest BCUT2D eigenvalue weighted by molar-refractivity contribution is 7.87. The topological polar surface area (TPSA) is 187 Å². The summed E-state index contributed by atoms with van der Waals surface area (Å²) in [6, 6.07) is -1.89. The molecule has 0 aliphatic heterocycles. The third kappa shape index (κ3) is 17.3. The molecule has 0 spiro atoms. The molecule has 0 aliphatic rings. The first-order chi connectivity index (χ1) is 17.9. The minimum atomic E-state index is -5.17. The van der Waals surface area contributed by atoms with E-state index in [1.54, 1.807) is 0 Å². The number of carboxylic acid groups (broad SMARTS) is 3. The Kier molecular flexibility index (Phi) is 19.5. The molecule has 0 saturated heterocycles. The Hall–Kier alpha value is -2.21. The summed E-state index contributed by atoms with van der Waals surface area (Å²) in [5, 5.41) is 25.0. The monoisotopic (exact) mass is 565 g/mol. The minimum absolute atomic E-state index is 0.271. The van der Waals surface area contributed by atoms with E-state index in [1.165, 1.54) is 64.2 Å². The summed E-state index contributed by atoms with van der Waals surface area (Å²) in [4.78, 5) is 47.2. The summed E-state index contributed by atoms with van der Waals surface area (Å²) in [6.45, 7) is 1.95. The molecule has 0 unspecified atom stereocenters. The van der Waals surface area contributed by atoms with Gasteiger partial charge in [-0.1, -0.05) is 103 Å². The highest BCUT2D eigenvalue weighted by atomic mass is 32.2. The van der Waals surface area contributed by atoms with E-state index < -0.39 is 58.1 Å². The smallest absolute Gasteiger partial charge is 0.327 e. The maximum absolute atomic E-state index is 12.8. The largest absolute Gasteiger partial charge is 0.481 e. The average Bonchev–Trinajstić information content (AvgIpc) is 2.82. The Morgan fingerprint density at radius 1 is 0.632 bits per heavy atom. The maximum atomic E-state index is 12.8. The Balaban J connectivity index is 4.56. The van der Waals surface area contributed by atoms with Crippen LogP contribution in [0.4, 0.5) is 0 Å². The first kappa shape index (κ1) is 35.8. The van der Waals surface area contributed by atoms with E-state index in [4.69, 9.17) is 10.2 Å². The van der Waals surface area contributed by atoms with Gasteiger partial charge in [-0.15, -0.1) is 0 Å². The van der Waals surface area contributed by atoms with Crippen molar-refractivity contribution in [2.24, 2.45) is 0 Å². The number of nitrogens with zero attached hydrogens (tertiary/aromatic N) is 1. The van der Waals surface area contributed by atoms with Gasteiger partial charge in [0.25, 0.3) is 10.1 Å². The van der Waals surface area contributed by atoms with Crippen LogP contribution in [0.25, 0.3) is 0 Å². The number of unbranched alkanes of at least 4 members (excludes halogenated alkanes) is 15. The van der Waals surface area contributed by atoms with Gasteiger partial charge in [0.05, 0.1) is 12.8 Å². The second kappa shape index (κ2) is 20.7. The first-order valence-electron chi connectivity index (χ1n) is 13.8. The molecular formula is C26H47NO10S. The summed E-state index contributed by atoms with van der Waals surface area (Å²) in [6.07, 6.45) is 15.3. The van der Waals surface area contributed by atoms with Crippen LogP contribution in [0, 0.1) is 0 Å². The SMILES string of the molecule is CCCCCCCCCCCCCCCCCCN(C(=O)[C@@H](CC(=O)O)S(=O)(=O)O)[C@@H](CC(=O)O)C(=O)O. The zero-order chi connectivity index (χ0) is 29.0. The lowest BCUT2D eigenvalue weighted by molar-refractivity contribution is -0.155. The fourth-order valence-corrected chi connectivity index (χ4v) is 5.15. The summed E-state index contributed by atoms with van der Waals surface area (Å²) >= 11 is 0. The predicted octanol–water partition coefficient (Wildman–Crippen LogP) is 4.74. The van der Waals surface area contributed by atoms with Gasteiger partial charge >= 0.3 is 17.9 Å². The van der Waals surface area contributed by atoms with E-state index in [1.807, 2.05) is 0 Å². The molecule has 0 heterocycles. The van der Waals surface area contributed by atoms with Gasteiger partial charge in [0.1, 0.15) is 6.04 Å². The molecule has 0 aromatic heterocycles. The molecule has 0 aromatic rings. The van der Waals surface area contributed by atoms with Crippen LogP contribution in [-0.4, -0.2) is 74.8 Å². The van der Waals surface area contributed by atoms with E-state index in [9.17, 15) is 37.3 Å². The molecule has 4 N–H and O–H groups in total. The lowest BCUT2D eigenvalue weighted by Crippen LogP contribution is -2.52. The highest BCUT2D eigenvalue weighted by Crippen LogP contribution is 2.18. The van der Waals surface area contributed by atoms with Crippen LogP contribution in [0.3, 0.4) is 0 Å². The van der Waals surface area contributed by atoms with Gasteiger partial charge in [0, 0.05) is 6.54 Å². The van der Waals surface area contributed by atoms with Gasteiger partial charge in [-0.25, -0.2) is 4.79 Å². The van der Waals surface area contributed by atoms with E-state index in [2.05, 4.69) is 6.92 Å². The van der Waals surface area contributed by atoms with Crippen molar-refractivity contribution >= 4 is 33.9 Å². The third-order valence-corrected chi connectivity index (χ3v) is 7.65. The van der Waals surface area contributed by atoms with Gasteiger partial charge in [0.2, 0.25) is 5.91 Å². The fraction of sp³-hybridized carbons (Fsp3) is 0.846. The van der Waals surface area contributed by atoms with Crippen molar-refractivity contribution in [3.63, 3.8) is 0 Å². The van der Waals surface area contributed by atoms with Crippen molar-refractivity contribution in [1.29, 1.82) is 0 Å². The Morgan fingerprint density at radius 2 is 1.00 bits per heavy atom. The number of carboxylic acids is 3. The highest BCUT2D eigenvalue weighted by Gasteiger charge is 2.41. The number of carbonyl (C=O) groups excluding carboxylic acids is 1. The zero-order valence-corrected chi connectivity index (χ0v) is 23.5.